The molecule has 0 aromatic carbocycles. The third-order valence-electron chi connectivity index (χ3n) is 3.97. The first-order valence-corrected chi connectivity index (χ1v) is 7.20. The van der Waals surface area contributed by atoms with E-state index in [0.717, 1.165) is 44.4 Å². The summed E-state index contributed by atoms with van der Waals surface area (Å²) in [6.07, 6.45) is 7.30. The van der Waals surface area contributed by atoms with Crippen LogP contribution in [0.4, 0.5) is 5.95 Å². The zero-order valence-corrected chi connectivity index (χ0v) is 10.9. The van der Waals surface area contributed by atoms with Gasteiger partial charge in [0.25, 0.3) is 5.95 Å². The van der Waals surface area contributed by atoms with Gasteiger partial charge in [0.1, 0.15) is 0 Å². The second kappa shape index (κ2) is 5.69. The number of hydrogen-bond acceptors (Lipinski definition) is 5. The molecule has 100 valence electrons. The summed E-state index contributed by atoms with van der Waals surface area (Å²) < 4.78 is 5.39. The van der Waals surface area contributed by atoms with Crippen molar-refractivity contribution in [1.29, 1.82) is 0 Å². The third kappa shape index (κ3) is 2.83. The Balaban J connectivity index is 1.60. The number of anilines is 1. The maximum Gasteiger partial charge on any atom is 0.266 e. The first-order chi connectivity index (χ1) is 8.92. The van der Waals surface area contributed by atoms with Crippen molar-refractivity contribution in [2.75, 3.05) is 31.1 Å². The molecular weight excluding hydrogens is 228 g/mol. The van der Waals surface area contributed by atoms with E-state index >= 15 is 0 Å². The summed E-state index contributed by atoms with van der Waals surface area (Å²) in [5.74, 6) is 2.28. The molecule has 0 bridgehead atoms. The van der Waals surface area contributed by atoms with Crippen molar-refractivity contribution < 1.29 is 4.52 Å². The zero-order chi connectivity index (χ0) is 12.2. The van der Waals surface area contributed by atoms with Crippen LogP contribution >= 0.6 is 0 Å². The average Bonchev–Trinajstić information content (AvgIpc) is 2.97. The standard InChI is InChI=1S/C13H22N4O/c1-2-4-8-17(7-3-1)13-15-12(18-16-13)9-11-5-6-14-10-11/h11,14H,1-10H2. The van der Waals surface area contributed by atoms with E-state index in [-0.39, 0.29) is 0 Å². The van der Waals surface area contributed by atoms with E-state index in [1.54, 1.807) is 0 Å². The molecule has 18 heavy (non-hydrogen) atoms. The molecule has 0 spiro atoms. The van der Waals surface area contributed by atoms with Gasteiger partial charge in [-0.05, 0) is 43.4 Å². The molecule has 1 N–H and O–H groups in total. The van der Waals surface area contributed by atoms with Gasteiger partial charge >= 0.3 is 0 Å². The predicted octanol–water partition coefficient (Wildman–Crippen LogP) is 1.60. The van der Waals surface area contributed by atoms with Gasteiger partial charge in [0.2, 0.25) is 5.89 Å². The fourth-order valence-electron chi connectivity index (χ4n) is 2.86. The number of nitrogens with one attached hydrogen (secondary N) is 1. The summed E-state index contributed by atoms with van der Waals surface area (Å²) in [7, 11) is 0. The van der Waals surface area contributed by atoms with Gasteiger partial charge in [-0.2, -0.15) is 4.98 Å². The van der Waals surface area contributed by atoms with Crippen molar-refractivity contribution in [2.24, 2.45) is 5.92 Å². The molecule has 2 saturated heterocycles. The van der Waals surface area contributed by atoms with Crippen LogP contribution in [0.1, 0.15) is 38.0 Å². The first kappa shape index (κ1) is 12.0. The van der Waals surface area contributed by atoms with E-state index < -0.39 is 0 Å². The second-order valence-electron chi connectivity index (χ2n) is 5.45. The van der Waals surface area contributed by atoms with Gasteiger partial charge in [-0.15, -0.1) is 0 Å². The van der Waals surface area contributed by atoms with Crippen molar-refractivity contribution in [1.82, 2.24) is 15.5 Å². The quantitative estimate of drug-likeness (QED) is 0.883. The van der Waals surface area contributed by atoms with Crippen LogP contribution < -0.4 is 10.2 Å². The summed E-state index contributed by atoms with van der Waals surface area (Å²) in [4.78, 5) is 6.83. The van der Waals surface area contributed by atoms with Gasteiger partial charge in [0.05, 0.1) is 0 Å². The molecule has 5 nitrogen and oxygen atoms in total. The maximum absolute atomic E-state index is 5.39. The van der Waals surface area contributed by atoms with Crippen LogP contribution in [0.2, 0.25) is 0 Å². The average molecular weight is 250 g/mol. The highest BCUT2D eigenvalue weighted by atomic mass is 16.5. The van der Waals surface area contributed by atoms with Crippen molar-refractivity contribution in [3.05, 3.63) is 5.89 Å². The molecule has 0 radical (unpaired) electrons. The molecule has 2 aliphatic heterocycles. The van der Waals surface area contributed by atoms with Crippen LogP contribution in [0.5, 0.6) is 0 Å². The molecule has 2 fully saturated rings. The van der Waals surface area contributed by atoms with Crippen molar-refractivity contribution in [3.63, 3.8) is 0 Å². The molecular formula is C13H22N4O. The lowest BCUT2D eigenvalue weighted by atomic mass is 10.1. The molecule has 0 amide bonds. The summed E-state index contributed by atoms with van der Waals surface area (Å²) in [5, 5.41) is 7.51. The molecule has 0 saturated carbocycles. The van der Waals surface area contributed by atoms with Gasteiger partial charge < -0.3 is 14.7 Å². The number of aromatic nitrogens is 2. The third-order valence-corrected chi connectivity index (χ3v) is 3.97. The highest BCUT2D eigenvalue weighted by Gasteiger charge is 2.20. The van der Waals surface area contributed by atoms with Gasteiger partial charge in [-0.3, -0.25) is 0 Å². The molecule has 3 heterocycles. The van der Waals surface area contributed by atoms with E-state index in [2.05, 4.69) is 20.4 Å². The number of rotatable bonds is 3. The Morgan fingerprint density at radius 3 is 2.78 bits per heavy atom. The summed E-state index contributed by atoms with van der Waals surface area (Å²) in [5.41, 5.74) is 0. The predicted molar refractivity (Wildman–Crippen MR) is 69.7 cm³/mol. The van der Waals surface area contributed by atoms with Gasteiger partial charge in [0, 0.05) is 19.5 Å². The molecule has 1 aromatic rings. The molecule has 2 aliphatic rings. The topological polar surface area (TPSA) is 54.2 Å². The maximum atomic E-state index is 5.39. The summed E-state index contributed by atoms with van der Waals surface area (Å²) in [6, 6.07) is 0. The summed E-state index contributed by atoms with van der Waals surface area (Å²) in [6.45, 7) is 4.35. The SMILES string of the molecule is C1CCCN(c2noc(CC3CCNC3)n2)CC1. The van der Waals surface area contributed by atoms with Crippen LogP contribution in [0.3, 0.4) is 0 Å². The van der Waals surface area contributed by atoms with Gasteiger partial charge in [-0.25, -0.2) is 0 Å². The Morgan fingerprint density at radius 1 is 1.22 bits per heavy atom. The Morgan fingerprint density at radius 2 is 2.06 bits per heavy atom. The number of hydrogen-bond donors (Lipinski definition) is 1. The van der Waals surface area contributed by atoms with E-state index in [4.69, 9.17) is 4.52 Å². The smallest absolute Gasteiger partial charge is 0.266 e. The van der Waals surface area contributed by atoms with Gasteiger partial charge in [0.15, 0.2) is 0 Å². The monoisotopic (exact) mass is 250 g/mol. The Labute approximate surface area is 108 Å². The van der Waals surface area contributed by atoms with Crippen molar-refractivity contribution in [2.45, 2.75) is 38.5 Å². The largest absolute Gasteiger partial charge is 0.338 e. The van der Waals surface area contributed by atoms with Crippen molar-refractivity contribution in [3.8, 4) is 0 Å². The fourth-order valence-corrected chi connectivity index (χ4v) is 2.86. The van der Waals surface area contributed by atoms with Crippen molar-refractivity contribution >= 4 is 5.95 Å². The highest BCUT2D eigenvalue weighted by Crippen LogP contribution is 2.19. The Hall–Kier alpha value is -1.10. The van der Waals surface area contributed by atoms with Crippen LogP contribution in [0.25, 0.3) is 0 Å². The molecule has 0 aliphatic carbocycles. The van der Waals surface area contributed by atoms with E-state index in [9.17, 15) is 0 Å². The molecule has 5 heteroatoms. The van der Waals surface area contributed by atoms with Crippen LogP contribution in [0, 0.1) is 5.92 Å². The highest BCUT2D eigenvalue weighted by molar-refractivity contribution is 5.27. The van der Waals surface area contributed by atoms with Gasteiger partial charge in [-0.1, -0.05) is 12.8 Å². The molecule has 1 aromatic heterocycles. The minimum absolute atomic E-state index is 0.669. The van der Waals surface area contributed by atoms with E-state index in [1.807, 2.05) is 0 Å². The second-order valence-corrected chi connectivity index (χ2v) is 5.45. The van der Waals surface area contributed by atoms with Crippen LogP contribution in [-0.4, -0.2) is 36.3 Å². The Kier molecular flexibility index (Phi) is 3.78. The summed E-state index contributed by atoms with van der Waals surface area (Å²) >= 11 is 0. The van der Waals surface area contributed by atoms with Crippen LogP contribution in [-0.2, 0) is 6.42 Å². The lowest BCUT2D eigenvalue weighted by Gasteiger charge is -2.16. The van der Waals surface area contributed by atoms with E-state index in [1.165, 1.54) is 32.1 Å². The molecule has 1 atom stereocenters. The molecule has 1 unspecified atom stereocenters. The Bertz CT molecular complexity index is 365. The first-order valence-electron chi connectivity index (χ1n) is 7.20. The minimum atomic E-state index is 0.669. The molecule has 3 rings (SSSR count). The minimum Gasteiger partial charge on any atom is -0.338 e. The van der Waals surface area contributed by atoms with Crippen LogP contribution in [0.15, 0.2) is 4.52 Å². The fraction of sp³-hybridized carbons (Fsp3) is 0.846. The normalized spacial score (nSPS) is 25.3. The number of nitrogens with zero attached hydrogens (tertiary/aromatic N) is 3. The van der Waals surface area contributed by atoms with E-state index in [0.29, 0.717) is 5.92 Å². The lowest BCUT2D eigenvalue weighted by Crippen LogP contribution is -2.25. The lowest BCUT2D eigenvalue weighted by molar-refractivity contribution is 0.357. The zero-order valence-electron chi connectivity index (χ0n) is 10.9.